The van der Waals surface area contributed by atoms with E-state index in [-0.39, 0.29) is 0 Å². The van der Waals surface area contributed by atoms with Gasteiger partial charge in [0.15, 0.2) is 5.82 Å². The zero-order valence-electron chi connectivity index (χ0n) is 5.67. The zero-order valence-corrected chi connectivity index (χ0v) is 7.31. The second-order valence-corrected chi connectivity index (χ2v) is 4.17. The molecule has 0 aliphatic heterocycles. The minimum atomic E-state index is -1.05. The topological polar surface area (TPSA) is 12.9 Å². The van der Waals surface area contributed by atoms with E-state index in [0.29, 0.717) is 4.90 Å². The molecular weight excluding hydrogens is 188 g/mol. The molecule has 0 unspecified atom stereocenters. The van der Waals surface area contributed by atoms with Gasteiger partial charge in [-0.1, -0.05) is 21.6 Å². The maximum Gasteiger partial charge on any atom is 0.248 e. The first-order valence-corrected chi connectivity index (χ1v) is 5.31. The largest absolute Gasteiger partial charge is 0.248 e. The van der Waals surface area contributed by atoms with Crippen molar-refractivity contribution in [1.82, 2.24) is 4.98 Å². The molecule has 0 amide bonds. The maximum atomic E-state index is 12.4. The Morgan fingerprint density at radius 1 is 1.45 bits per heavy atom. The molecule has 1 aromatic heterocycles. The van der Waals surface area contributed by atoms with Crippen molar-refractivity contribution in [1.29, 1.82) is 0 Å². The van der Waals surface area contributed by atoms with Gasteiger partial charge in [-0.05, 0) is 12.3 Å². The highest BCUT2D eigenvalue weighted by molar-refractivity contribution is 8.76. The Hall–Kier alpha value is -0.290. The molecule has 1 aromatic rings. The molecule has 0 radical (unpaired) electrons. The van der Waals surface area contributed by atoms with Gasteiger partial charge in [0.05, 0.1) is 0 Å². The fourth-order valence-electron chi connectivity index (χ4n) is 0.545. The monoisotopic (exact) mass is 193 g/mol. The normalized spacial score (nSPS) is 10.1. The third-order valence-electron chi connectivity index (χ3n) is 0.951. The molecule has 0 saturated heterocycles. The zero-order chi connectivity index (χ0) is 8.27. The Labute approximate surface area is 71.0 Å². The molecule has 11 heavy (non-hydrogen) atoms. The van der Waals surface area contributed by atoms with E-state index in [2.05, 4.69) is 4.98 Å². The van der Waals surface area contributed by atoms with Gasteiger partial charge in [0.25, 0.3) is 0 Å². The predicted molar refractivity (Wildman–Crippen MR) is 43.5 cm³/mol. The van der Waals surface area contributed by atoms with Crippen LogP contribution in [0, 0.1) is 11.8 Å². The number of hydrogen-bond donors (Lipinski definition) is 0. The Morgan fingerprint density at radius 3 is 2.73 bits per heavy atom. The fraction of sp³-hybridized carbons (Fsp3) is 0.167. The van der Waals surface area contributed by atoms with E-state index < -0.39 is 11.8 Å². The van der Waals surface area contributed by atoms with Crippen LogP contribution >= 0.6 is 21.6 Å². The second-order valence-electron chi connectivity index (χ2n) is 1.69. The van der Waals surface area contributed by atoms with Crippen molar-refractivity contribution in [2.75, 3.05) is 6.26 Å². The van der Waals surface area contributed by atoms with Crippen LogP contribution in [0.3, 0.4) is 0 Å². The smallest absolute Gasteiger partial charge is 0.225 e. The number of rotatable bonds is 2. The van der Waals surface area contributed by atoms with E-state index in [0.717, 1.165) is 6.07 Å². The van der Waals surface area contributed by atoms with Gasteiger partial charge in [0, 0.05) is 11.1 Å². The van der Waals surface area contributed by atoms with E-state index in [4.69, 9.17) is 0 Å². The molecule has 0 atom stereocenters. The van der Waals surface area contributed by atoms with Crippen LogP contribution in [0.4, 0.5) is 8.78 Å². The summed E-state index contributed by atoms with van der Waals surface area (Å²) in [6, 6.07) is 1.13. The summed E-state index contributed by atoms with van der Waals surface area (Å²) in [5.41, 5.74) is 0. The lowest BCUT2D eigenvalue weighted by Crippen LogP contribution is -1.87. The lowest BCUT2D eigenvalue weighted by molar-refractivity contribution is 0.475. The van der Waals surface area contributed by atoms with Crippen LogP contribution in [-0.4, -0.2) is 11.2 Å². The van der Waals surface area contributed by atoms with Crippen LogP contribution in [0.15, 0.2) is 17.2 Å². The summed E-state index contributed by atoms with van der Waals surface area (Å²) in [5.74, 6) is -1.94. The van der Waals surface area contributed by atoms with E-state index in [1.165, 1.54) is 27.8 Å². The van der Waals surface area contributed by atoms with Crippen molar-refractivity contribution >= 4 is 21.6 Å². The molecule has 0 saturated carbocycles. The van der Waals surface area contributed by atoms with Crippen molar-refractivity contribution in [3.8, 4) is 0 Å². The van der Waals surface area contributed by atoms with Gasteiger partial charge in [-0.25, -0.2) is 9.37 Å². The number of halogens is 2. The first-order chi connectivity index (χ1) is 5.24. The highest BCUT2D eigenvalue weighted by Gasteiger charge is 2.03. The second kappa shape index (κ2) is 3.92. The summed E-state index contributed by atoms with van der Waals surface area (Å²) >= 11 is 0. The van der Waals surface area contributed by atoms with Gasteiger partial charge < -0.3 is 0 Å². The van der Waals surface area contributed by atoms with Crippen molar-refractivity contribution < 1.29 is 8.78 Å². The van der Waals surface area contributed by atoms with Gasteiger partial charge in [0.2, 0.25) is 5.95 Å². The van der Waals surface area contributed by atoms with Crippen LogP contribution in [0.25, 0.3) is 0 Å². The minimum absolute atomic E-state index is 0.622. The first-order valence-electron chi connectivity index (χ1n) is 2.75. The van der Waals surface area contributed by atoms with E-state index in [1.807, 2.05) is 6.26 Å². The average molecular weight is 193 g/mol. The molecule has 5 heteroatoms. The summed E-state index contributed by atoms with van der Waals surface area (Å²) in [6.07, 6.45) is 3.16. The standard InChI is InChI=1S/C6H5F2NS2/c1-10-11-4-2-5(7)6(8)9-3-4/h2-3H,1H3. The molecule has 0 spiro atoms. The molecule has 60 valence electrons. The molecule has 0 fully saturated rings. The van der Waals surface area contributed by atoms with Crippen LogP contribution in [0.2, 0.25) is 0 Å². The predicted octanol–water partition coefficient (Wildman–Crippen LogP) is 2.73. The Balaban J connectivity index is 2.86. The average Bonchev–Trinajstić information content (AvgIpc) is 1.98. The van der Waals surface area contributed by atoms with Crippen LogP contribution in [-0.2, 0) is 0 Å². The van der Waals surface area contributed by atoms with E-state index in [1.54, 1.807) is 0 Å². The van der Waals surface area contributed by atoms with Crippen molar-refractivity contribution in [3.05, 3.63) is 24.0 Å². The number of hydrogen-bond acceptors (Lipinski definition) is 3. The van der Waals surface area contributed by atoms with Crippen LogP contribution in [0.5, 0.6) is 0 Å². The Morgan fingerprint density at radius 2 is 2.18 bits per heavy atom. The van der Waals surface area contributed by atoms with Crippen LogP contribution in [0.1, 0.15) is 0 Å². The highest BCUT2D eigenvalue weighted by atomic mass is 33.1. The molecule has 0 aromatic carbocycles. The van der Waals surface area contributed by atoms with Crippen molar-refractivity contribution in [2.45, 2.75) is 4.90 Å². The summed E-state index contributed by atoms with van der Waals surface area (Å²) in [5, 5.41) is 0. The van der Waals surface area contributed by atoms with E-state index >= 15 is 0 Å². The van der Waals surface area contributed by atoms with Gasteiger partial charge >= 0.3 is 0 Å². The molecule has 1 rings (SSSR count). The van der Waals surface area contributed by atoms with Gasteiger partial charge in [0.1, 0.15) is 0 Å². The lowest BCUT2D eigenvalue weighted by Gasteiger charge is -1.96. The Bertz CT molecular complexity index is 254. The summed E-state index contributed by atoms with van der Waals surface area (Å²) in [4.78, 5) is 3.84. The number of pyridine rings is 1. The lowest BCUT2D eigenvalue weighted by atomic mass is 10.5. The molecule has 1 nitrogen and oxygen atoms in total. The van der Waals surface area contributed by atoms with Crippen molar-refractivity contribution in [3.63, 3.8) is 0 Å². The number of aromatic nitrogens is 1. The van der Waals surface area contributed by atoms with Gasteiger partial charge in [-0.2, -0.15) is 4.39 Å². The molecule has 1 heterocycles. The van der Waals surface area contributed by atoms with Crippen LogP contribution < -0.4 is 0 Å². The molecular formula is C6H5F2NS2. The molecule has 0 N–H and O–H groups in total. The fourth-order valence-corrected chi connectivity index (χ4v) is 1.84. The van der Waals surface area contributed by atoms with Gasteiger partial charge in [-0.3, -0.25) is 0 Å². The third-order valence-corrected chi connectivity index (χ3v) is 2.61. The minimum Gasteiger partial charge on any atom is -0.225 e. The summed E-state index contributed by atoms with van der Waals surface area (Å²) in [6.45, 7) is 0. The summed E-state index contributed by atoms with van der Waals surface area (Å²) < 4.78 is 24.7. The quantitative estimate of drug-likeness (QED) is 0.529. The summed E-state index contributed by atoms with van der Waals surface area (Å²) in [7, 11) is 2.80. The molecule has 0 bridgehead atoms. The maximum absolute atomic E-state index is 12.4. The SMILES string of the molecule is CSSc1cnc(F)c(F)c1. The third kappa shape index (κ3) is 2.34. The van der Waals surface area contributed by atoms with Gasteiger partial charge in [-0.15, -0.1) is 0 Å². The number of nitrogens with zero attached hydrogens (tertiary/aromatic N) is 1. The Kier molecular flexibility index (Phi) is 3.14. The van der Waals surface area contributed by atoms with Crippen molar-refractivity contribution in [2.24, 2.45) is 0 Å². The van der Waals surface area contributed by atoms with E-state index in [9.17, 15) is 8.78 Å². The first kappa shape index (κ1) is 8.80. The molecule has 0 aliphatic carbocycles. The molecule has 0 aliphatic rings. The highest BCUT2D eigenvalue weighted by Crippen LogP contribution is 2.28.